The van der Waals surface area contributed by atoms with Crippen molar-refractivity contribution in [1.29, 1.82) is 0 Å². The molecule has 0 unspecified atom stereocenters. The Bertz CT molecular complexity index is 969. The minimum absolute atomic E-state index is 0.164. The Morgan fingerprint density at radius 3 is 2.20 bits per heavy atom. The summed E-state index contributed by atoms with van der Waals surface area (Å²) in [6, 6.07) is 20.9. The molecule has 0 aromatic heterocycles. The van der Waals surface area contributed by atoms with Gasteiger partial charge in [-0.15, -0.1) is 0 Å². The molecule has 3 N–H and O–H groups in total. The van der Waals surface area contributed by atoms with Crippen LogP contribution in [-0.4, -0.2) is 8.42 Å². The summed E-state index contributed by atoms with van der Waals surface area (Å²) in [7, 11) is -3.71. The summed E-state index contributed by atoms with van der Waals surface area (Å²) in [4.78, 5) is 0.164. The molecule has 128 valence electrons. The van der Waals surface area contributed by atoms with E-state index in [2.05, 4.69) is 4.72 Å². The maximum atomic E-state index is 12.6. The van der Waals surface area contributed by atoms with Gasteiger partial charge in [-0.25, -0.2) is 8.42 Å². The van der Waals surface area contributed by atoms with Gasteiger partial charge in [-0.3, -0.25) is 4.72 Å². The highest BCUT2D eigenvalue weighted by Crippen LogP contribution is 2.25. The second kappa shape index (κ2) is 6.86. The Labute approximate surface area is 147 Å². The van der Waals surface area contributed by atoms with Gasteiger partial charge in [-0.2, -0.15) is 0 Å². The molecule has 25 heavy (non-hydrogen) atoms. The monoisotopic (exact) mass is 354 g/mol. The summed E-state index contributed by atoms with van der Waals surface area (Å²) in [5.74, 6) is 1.33. The van der Waals surface area contributed by atoms with E-state index in [9.17, 15) is 8.42 Å². The number of aryl methyl sites for hydroxylation is 1. The van der Waals surface area contributed by atoms with E-state index in [4.69, 9.17) is 10.5 Å². The highest BCUT2D eigenvalue weighted by Gasteiger charge is 2.17. The molecular formula is C19H18N2O3S. The van der Waals surface area contributed by atoms with Crippen molar-refractivity contribution < 1.29 is 13.2 Å². The molecule has 0 heterocycles. The predicted molar refractivity (Wildman–Crippen MR) is 99.4 cm³/mol. The first-order chi connectivity index (χ1) is 11.9. The molecule has 0 saturated carbocycles. The smallest absolute Gasteiger partial charge is 0.262 e. The molecule has 0 saturated heterocycles. The van der Waals surface area contributed by atoms with E-state index < -0.39 is 10.0 Å². The lowest BCUT2D eigenvalue weighted by Gasteiger charge is -2.12. The third kappa shape index (κ3) is 4.10. The molecule has 0 aliphatic heterocycles. The van der Waals surface area contributed by atoms with E-state index >= 15 is 0 Å². The van der Waals surface area contributed by atoms with Crippen molar-refractivity contribution in [3.05, 3.63) is 78.4 Å². The summed E-state index contributed by atoms with van der Waals surface area (Å²) in [6.07, 6.45) is 0. The molecule has 3 aromatic rings. The molecule has 3 rings (SSSR count). The number of nitrogen functional groups attached to an aromatic ring is 1. The molecule has 3 aromatic carbocycles. The van der Waals surface area contributed by atoms with E-state index in [-0.39, 0.29) is 4.90 Å². The number of rotatable bonds is 5. The predicted octanol–water partition coefficient (Wildman–Crippen LogP) is 4.17. The fourth-order valence-electron chi connectivity index (χ4n) is 2.33. The zero-order valence-electron chi connectivity index (χ0n) is 13.6. The summed E-state index contributed by atoms with van der Waals surface area (Å²) in [5.41, 5.74) is 7.18. The SMILES string of the molecule is Cc1ccc(N)cc1S(=O)(=O)Nc1ccc(Oc2ccccc2)cc1. The number of anilines is 2. The average molecular weight is 354 g/mol. The van der Waals surface area contributed by atoms with Crippen LogP contribution in [0.25, 0.3) is 0 Å². The maximum Gasteiger partial charge on any atom is 0.262 e. The van der Waals surface area contributed by atoms with Crippen molar-refractivity contribution in [1.82, 2.24) is 0 Å². The maximum absolute atomic E-state index is 12.6. The molecule has 0 bridgehead atoms. The summed E-state index contributed by atoms with van der Waals surface area (Å²) < 4.78 is 33.3. The standard InChI is InChI=1S/C19H18N2O3S/c1-14-7-8-15(20)13-19(14)25(22,23)21-16-9-11-18(12-10-16)24-17-5-3-2-4-6-17/h2-13,21H,20H2,1H3. The van der Waals surface area contributed by atoms with Gasteiger partial charge in [0.25, 0.3) is 10.0 Å². The first kappa shape index (κ1) is 16.9. The van der Waals surface area contributed by atoms with Crippen LogP contribution < -0.4 is 15.2 Å². The van der Waals surface area contributed by atoms with Gasteiger partial charge in [0.15, 0.2) is 0 Å². The zero-order chi connectivity index (χ0) is 17.9. The summed E-state index contributed by atoms with van der Waals surface area (Å²) >= 11 is 0. The number of ether oxygens (including phenoxy) is 1. The van der Waals surface area contributed by atoms with Gasteiger partial charge in [0.1, 0.15) is 11.5 Å². The van der Waals surface area contributed by atoms with Crippen LogP contribution in [0.15, 0.2) is 77.7 Å². The second-order valence-corrected chi connectivity index (χ2v) is 7.22. The Balaban J connectivity index is 1.78. The molecule has 0 amide bonds. The molecule has 0 aliphatic carbocycles. The third-order valence-corrected chi connectivity index (χ3v) is 5.11. The zero-order valence-corrected chi connectivity index (χ0v) is 14.5. The van der Waals surface area contributed by atoms with Crippen LogP contribution in [0.4, 0.5) is 11.4 Å². The molecule has 0 atom stereocenters. The van der Waals surface area contributed by atoms with Crippen LogP contribution in [0.2, 0.25) is 0 Å². The lowest BCUT2D eigenvalue weighted by atomic mass is 10.2. The summed E-state index contributed by atoms with van der Waals surface area (Å²) in [5, 5.41) is 0. The molecule has 0 spiro atoms. The third-order valence-electron chi connectivity index (χ3n) is 3.59. The molecule has 0 fully saturated rings. The normalized spacial score (nSPS) is 11.1. The van der Waals surface area contributed by atoms with Gasteiger partial charge in [-0.1, -0.05) is 24.3 Å². The number of nitrogens with two attached hydrogens (primary N) is 1. The van der Waals surface area contributed by atoms with Crippen LogP contribution in [0.5, 0.6) is 11.5 Å². The van der Waals surface area contributed by atoms with Crippen molar-refractivity contribution in [2.75, 3.05) is 10.5 Å². The molecule has 6 heteroatoms. The van der Waals surface area contributed by atoms with Gasteiger partial charge in [0, 0.05) is 11.4 Å². The summed E-state index contributed by atoms with van der Waals surface area (Å²) in [6.45, 7) is 1.73. The van der Waals surface area contributed by atoms with E-state index in [1.807, 2.05) is 30.3 Å². The molecule has 5 nitrogen and oxygen atoms in total. The van der Waals surface area contributed by atoms with E-state index in [1.165, 1.54) is 6.07 Å². The van der Waals surface area contributed by atoms with E-state index in [1.54, 1.807) is 43.3 Å². The van der Waals surface area contributed by atoms with Crippen LogP contribution in [0.3, 0.4) is 0 Å². The Hall–Kier alpha value is -2.99. The first-order valence-electron chi connectivity index (χ1n) is 7.66. The van der Waals surface area contributed by atoms with Gasteiger partial charge in [0.05, 0.1) is 4.90 Å². The minimum Gasteiger partial charge on any atom is -0.457 e. The number of benzene rings is 3. The Kier molecular flexibility index (Phi) is 4.63. The van der Waals surface area contributed by atoms with Crippen LogP contribution in [0.1, 0.15) is 5.56 Å². The van der Waals surface area contributed by atoms with Crippen LogP contribution in [0, 0.1) is 6.92 Å². The fraction of sp³-hybridized carbons (Fsp3) is 0.0526. The molecule has 0 radical (unpaired) electrons. The Morgan fingerprint density at radius 2 is 1.52 bits per heavy atom. The van der Waals surface area contributed by atoms with Crippen molar-refractivity contribution >= 4 is 21.4 Å². The van der Waals surface area contributed by atoms with Gasteiger partial charge in [0.2, 0.25) is 0 Å². The number of nitrogens with one attached hydrogen (secondary N) is 1. The number of hydrogen-bond acceptors (Lipinski definition) is 4. The van der Waals surface area contributed by atoms with Gasteiger partial charge >= 0.3 is 0 Å². The lowest BCUT2D eigenvalue weighted by molar-refractivity contribution is 0.483. The first-order valence-corrected chi connectivity index (χ1v) is 9.14. The van der Waals surface area contributed by atoms with Crippen molar-refractivity contribution in [3.63, 3.8) is 0 Å². The van der Waals surface area contributed by atoms with Crippen LogP contribution in [-0.2, 0) is 10.0 Å². The van der Waals surface area contributed by atoms with Gasteiger partial charge < -0.3 is 10.5 Å². The van der Waals surface area contributed by atoms with Crippen LogP contribution >= 0.6 is 0 Å². The highest BCUT2D eigenvalue weighted by atomic mass is 32.2. The number of hydrogen-bond donors (Lipinski definition) is 2. The lowest BCUT2D eigenvalue weighted by Crippen LogP contribution is -2.14. The largest absolute Gasteiger partial charge is 0.457 e. The number of sulfonamides is 1. The van der Waals surface area contributed by atoms with Crippen molar-refractivity contribution in [3.8, 4) is 11.5 Å². The minimum atomic E-state index is -3.71. The van der Waals surface area contributed by atoms with Gasteiger partial charge in [-0.05, 0) is 61.0 Å². The second-order valence-electron chi connectivity index (χ2n) is 5.57. The number of para-hydroxylation sites is 1. The highest BCUT2D eigenvalue weighted by molar-refractivity contribution is 7.92. The quantitative estimate of drug-likeness (QED) is 0.674. The average Bonchev–Trinajstić information content (AvgIpc) is 2.59. The molecular weight excluding hydrogens is 336 g/mol. The van der Waals surface area contributed by atoms with Crippen molar-refractivity contribution in [2.24, 2.45) is 0 Å². The fourth-order valence-corrected chi connectivity index (χ4v) is 3.67. The van der Waals surface area contributed by atoms with Crippen molar-refractivity contribution in [2.45, 2.75) is 11.8 Å². The van der Waals surface area contributed by atoms with E-state index in [0.717, 1.165) is 0 Å². The van der Waals surface area contributed by atoms with E-state index in [0.29, 0.717) is 28.4 Å². The topological polar surface area (TPSA) is 81.4 Å². The Morgan fingerprint density at radius 1 is 0.880 bits per heavy atom. The molecule has 0 aliphatic rings.